The Kier molecular flexibility index (Phi) is 5.42. The first-order valence-corrected chi connectivity index (χ1v) is 11.1. The van der Waals surface area contributed by atoms with Gasteiger partial charge in [-0.05, 0) is 23.8 Å². The van der Waals surface area contributed by atoms with Gasteiger partial charge in [-0.1, -0.05) is 60.7 Å². The number of carbonyl (C=O) groups excluding carboxylic acids is 1. The molecule has 0 unspecified atom stereocenters. The number of aromatic carboxylic acids is 1. The van der Waals surface area contributed by atoms with Gasteiger partial charge in [-0.25, -0.2) is 14.5 Å². The van der Waals surface area contributed by atoms with E-state index in [-0.39, 0.29) is 18.0 Å². The molecule has 7 nitrogen and oxygen atoms in total. The second kappa shape index (κ2) is 8.68. The monoisotopic (exact) mass is 454 g/mol. The normalized spacial score (nSPS) is 10.9. The number of anilines is 1. The van der Waals surface area contributed by atoms with Gasteiger partial charge in [-0.2, -0.15) is 5.10 Å². The van der Waals surface area contributed by atoms with Gasteiger partial charge in [0.25, 0.3) is 0 Å². The lowest BCUT2D eigenvalue weighted by Gasteiger charge is -2.06. The van der Waals surface area contributed by atoms with Crippen LogP contribution in [0.1, 0.15) is 16.1 Å². The molecule has 2 heterocycles. The number of carbonyl (C=O) groups is 2. The predicted molar refractivity (Wildman–Crippen MR) is 128 cm³/mol. The Morgan fingerprint density at radius 1 is 0.970 bits per heavy atom. The van der Waals surface area contributed by atoms with Gasteiger partial charge in [-0.3, -0.25) is 4.79 Å². The maximum atomic E-state index is 12.6. The minimum Gasteiger partial charge on any atom is -0.476 e. The van der Waals surface area contributed by atoms with Crippen molar-refractivity contribution in [2.24, 2.45) is 0 Å². The van der Waals surface area contributed by atoms with Crippen molar-refractivity contribution in [3.8, 4) is 16.4 Å². The molecule has 162 valence electrons. The van der Waals surface area contributed by atoms with E-state index in [0.29, 0.717) is 10.8 Å². The van der Waals surface area contributed by atoms with Crippen LogP contribution in [0.2, 0.25) is 0 Å². The fourth-order valence-electron chi connectivity index (χ4n) is 3.59. The van der Waals surface area contributed by atoms with E-state index in [2.05, 4.69) is 10.3 Å². The number of rotatable bonds is 6. The number of hydrogen-bond acceptors (Lipinski definition) is 5. The first-order chi connectivity index (χ1) is 16.1. The number of thiazole rings is 1. The lowest BCUT2D eigenvalue weighted by Crippen LogP contribution is -2.14. The van der Waals surface area contributed by atoms with Crippen molar-refractivity contribution >= 4 is 39.8 Å². The number of amides is 1. The lowest BCUT2D eigenvalue weighted by atomic mass is 10.1. The van der Waals surface area contributed by atoms with Crippen LogP contribution in [0.15, 0.2) is 84.2 Å². The maximum Gasteiger partial charge on any atom is 0.355 e. The molecule has 0 atom stereocenters. The first-order valence-electron chi connectivity index (χ1n) is 10.2. The molecule has 1 amide bonds. The molecule has 2 N–H and O–H groups in total. The molecule has 0 saturated heterocycles. The summed E-state index contributed by atoms with van der Waals surface area (Å²) < 4.78 is 1.63. The second-order valence-corrected chi connectivity index (χ2v) is 8.23. The molecule has 0 spiro atoms. The van der Waals surface area contributed by atoms with Gasteiger partial charge >= 0.3 is 5.97 Å². The van der Waals surface area contributed by atoms with Crippen LogP contribution in [0, 0.1) is 0 Å². The van der Waals surface area contributed by atoms with Crippen LogP contribution in [0.25, 0.3) is 27.3 Å². The summed E-state index contributed by atoms with van der Waals surface area (Å²) in [5.41, 5.74) is 3.91. The molecule has 0 bridgehead atoms. The number of fused-ring (bicyclic) bond motifs is 1. The smallest absolute Gasteiger partial charge is 0.355 e. The highest BCUT2D eigenvalue weighted by molar-refractivity contribution is 7.12. The summed E-state index contributed by atoms with van der Waals surface area (Å²) in [5, 5.41) is 19.8. The minimum atomic E-state index is -1.09. The molecule has 3 aromatic carbocycles. The third-order valence-electron chi connectivity index (χ3n) is 5.11. The summed E-state index contributed by atoms with van der Waals surface area (Å²) >= 11 is 1.20. The second-order valence-electron chi connectivity index (χ2n) is 7.39. The molecule has 0 aliphatic carbocycles. The Balaban J connectivity index is 1.55. The number of carboxylic acid groups (broad SMARTS) is 1. The molecule has 8 heteroatoms. The van der Waals surface area contributed by atoms with Crippen LogP contribution in [0.5, 0.6) is 0 Å². The van der Waals surface area contributed by atoms with Crippen molar-refractivity contribution in [2.75, 3.05) is 5.32 Å². The number of carboxylic acids is 1. The van der Waals surface area contributed by atoms with Crippen LogP contribution in [-0.4, -0.2) is 31.7 Å². The number of nitrogens with one attached hydrogen (secondary N) is 1. The predicted octanol–water partition coefficient (Wildman–Crippen LogP) is 5.03. The lowest BCUT2D eigenvalue weighted by molar-refractivity contribution is -0.115. The van der Waals surface area contributed by atoms with E-state index in [1.165, 1.54) is 16.7 Å². The largest absolute Gasteiger partial charge is 0.476 e. The fraction of sp³-hybridized carbons (Fsp3) is 0.0400. The average Bonchev–Trinajstić information content (AvgIpc) is 3.45. The summed E-state index contributed by atoms with van der Waals surface area (Å²) in [4.78, 5) is 28.1. The van der Waals surface area contributed by atoms with E-state index < -0.39 is 5.97 Å². The van der Waals surface area contributed by atoms with Crippen molar-refractivity contribution in [3.63, 3.8) is 0 Å². The molecule has 33 heavy (non-hydrogen) atoms. The van der Waals surface area contributed by atoms with Crippen molar-refractivity contribution < 1.29 is 14.7 Å². The van der Waals surface area contributed by atoms with Gasteiger partial charge in [0.2, 0.25) is 11.0 Å². The topological polar surface area (TPSA) is 97.1 Å². The van der Waals surface area contributed by atoms with Crippen LogP contribution in [0.3, 0.4) is 0 Å². The van der Waals surface area contributed by atoms with Crippen molar-refractivity contribution in [2.45, 2.75) is 6.42 Å². The highest BCUT2D eigenvalue weighted by Gasteiger charge is 2.18. The van der Waals surface area contributed by atoms with Crippen LogP contribution in [0.4, 0.5) is 5.69 Å². The average molecular weight is 455 g/mol. The zero-order valence-electron chi connectivity index (χ0n) is 17.3. The van der Waals surface area contributed by atoms with Gasteiger partial charge in [-0.15, -0.1) is 11.3 Å². The van der Waals surface area contributed by atoms with Gasteiger partial charge < -0.3 is 10.4 Å². The van der Waals surface area contributed by atoms with E-state index in [1.54, 1.807) is 4.68 Å². The molecular weight excluding hydrogens is 436 g/mol. The Bertz CT molecular complexity index is 1460. The Morgan fingerprint density at radius 3 is 2.39 bits per heavy atom. The molecule has 0 fully saturated rings. The molecule has 0 aliphatic heterocycles. The standard InChI is InChI=1S/C25H18N4O3S/c30-22(13-16-7-3-1-4-8-16)26-18-11-12-19-21(14-18)29(25-27-20(15-33-25)24(31)32)28-23(19)17-9-5-2-6-10-17/h1-12,14-15H,13H2,(H,26,30)(H,31,32). The van der Waals surface area contributed by atoms with Crippen molar-refractivity contribution in [3.05, 3.63) is 95.5 Å². The molecule has 0 aliphatic rings. The van der Waals surface area contributed by atoms with E-state index in [9.17, 15) is 14.7 Å². The third-order valence-corrected chi connectivity index (χ3v) is 5.93. The Morgan fingerprint density at radius 2 is 1.70 bits per heavy atom. The van der Waals surface area contributed by atoms with E-state index in [0.717, 1.165) is 27.7 Å². The molecule has 0 radical (unpaired) electrons. The third kappa shape index (κ3) is 4.24. The quantitative estimate of drug-likeness (QED) is 0.375. The number of hydrogen-bond donors (Lipinski definition) is 2. The van der Waals surface area contributed by atoms with Crippen LogP contribution in [-0.2, 0) is 11.2 Å². The van der Waals surface area contributed by atoms with Crippen LogP contribution < -0.4 is 5.32 Å². The van der Waals surface area contributed by atoms with E-state index in [1.807, 2.05) is 78.9 Å². The van der Waals surface area contributed by atoms with Gasteiger partial charge in [0.05, 0.1) is 11.9 Å². The maximum absolute atomic E-state index is 12.6. The highest BCUT2D eigenvalue weighted by atomic mass is 32.1. The molecule has 5 rings (SSSR count). The summed E-state index contributed by atoms with van der Waals surface area (Å²) in [6.07, 6.45) is 0.266. The zero-order chi connectivity index (χ0) is 22.8. The van der Waals surface area contributed by atoms with Gasteiger partial charge in [0, 0.05) is 22.0 Å². The molecule has 2 aromatic heterocycles. The van der Waals surface area contributed by atoms with E-state index in [4.69, 9.17) is 5.10 Å². The number of nitrogens with zero attached hydrogens (tertiary/aromatic N) is 3. The Hall–Kier alpha value is -4.30. The zero-order valence-corrected chi connectivity index (χ0v) is 18.1. The molecule has 0 saturated carbocycles. The van der Waals surface area contributed by atoms with Gasteiger partial charge in [0.15, 0.2) is 5.69 Å². The highest BCUT2D eigenvalue weighted by Crippen LogP contribution is 2.32. The SMILES string of the molecule is O=C(Cc1ccccc1)Nc1ccc2c(-c3ccccc3)nn(-c3nc(C(=O)O)cs3)c2c1. The minimum absolute atomic E-state index is 0.0350. The molecule has 5 aromatic rings. The summed E-state index contributed by atoms with van der Waals surface area (Å²) in [5.74, 6) is -1.22. The fourth-order valence-corrected chi connectivity index (χ4v) is 4.35. The van der Waals surface area contributed by atoms with Gasteiger partial charge in [0.1, 0.15) is 5.69 Å². The summed E-state index contributed by atoms with van der Waals surface area (Å²) in [6, 6.07) is 24.8. The first kappa shape index (κ1) is 20.6. The number of aromatic nitrogens is 3. The van der Waals surface area contributed by atoms with E-state index >= 15 is 0 Å². The Labute approximate surface area is 193 Å². The summed E-state index contributed by atoms with van der Waals surface area (Å²) in [6.45, 7) is 0. The van der Waals surface area contributed by atoms with Crippen LogP contribution >= 0.6 is 11.3 Å². The molecular formula is C25H18N4O3S. The number of benzene rings is 3. The van der Waals surface area contributed by atoms with Crippen molar-refractivity contribution in [1.29, 1.82) is 0 Å². The summed E-state index contributed by atoms with van der Waals surface area (Å²) in [7, 11) is 0. The van der Waals surface area contributed by atoms with Crippen molar-refractivity contribution in [1.82, 2.24) is 14.8 Å².